The van der Waals surface area contributed by atoms with Gasteiger partial charge in [-0.05, 0) is 23.8 Å². The van der Waals surface area contributed by atoms with Crippen molar-refractivity contribution in [2.45, 2.75) is 19.0 Å². The molecule has 3 aromatic rings. The average Bonchev–Trinajstić information content (AvgIpc) is 3.12. The highest BCUT2D eigenvalue weighted by molar-refractivity contribution is 6.45. The molecule has 30 heavy (non-hydrogen) atoms. The number of hydrogen-bond donors (Lipinski definition) is 2. The van der Waals surface area contributed by atoms with E-state index in [1.807, 2.05) is 12.1 Å². The molecule has 0 fully saturated rings. The molecule has 2 N–H and O–H groups in total. The summed E-state index contributed by atoms with van der Waals surface area (Å²) in [5.41, 5.74) is 1.62. The summed E-state index contributed by atoms with van der Waals surface area (Å²) in [4.78, 5) is 37.7. The fourth-order valence-corrected chi connectivity index (χ4v) is 3.21. The Kier molecular flexibility index (Phi) is 6.18. The number of carbonyl (C=O) groups is 3. The molecule has 152 valence electrons. The molecule has 0 spiro atoms. The van der Waals surface area contributed by atoms with Crippen molar-refractivity contribution in [2.75, 3.05) is 7.11 Å². The van der Waals surface area contributed by atoms with Crippen molar-refractivity contribution >= 4 is 28.6 Å². The molecule has 0 bridgehead atoms. The lowest BCUT2D eigenvalue weighted by atomic mass is 10.0. The quantitative estimate of drug-likeness (QED) is 0.272. The number of ether oxygens (including phenoxy) is 1. The smallest absolute Gasteiger partial charge is 0.328 e. The van der Waals surface area contributed by atoms with E-state index < -0.39 is 23.7 Å². The first-order chi connectivity index (χ1) is 14.4. The van der Waals surface area contributed by atoms with Gasteiger partial charge in [0.2, 0.25) is 0 Å². The van der Waals surface area contributed by atoms with Gasteiger partial charge < -0.3 is 19.7 Å². The summed E-state index contributed by atoms with van der Waals surface area (Å²) in [7, 11) is 1.20. The maximum Gasteiger partial charge on any atom is 0.328 e. The van der Waals surface area contributed by atoms with Crippen LogP contribution in [-0.4, -0.2) is 40.5 Å². The molecular formula is C23H20N2O5. The lowest BCUT2D eigenvalue weighted by Gasteiger charge is -2.16. The Morgan fingerprint density at radius 2 is 1.87 bits per heavy atom. The van der Waals surface area contributed by atoms with Gasteiger partial charge in [0, 0.05) is 23.5 Å². The fraction of sp³-hybridized carbons (Fsp3) is 0.174. The van der Waals surface area contributed by atoms with Gasteiger partial charge in [-0.3, -0.25) is 9.59 Å². The Morgan fingerprint density at radius 3 is 2.53 bits per heavy atom. The number of carbonyl (C=O) groups excluding carboxylic acids is 3. The van der Waals surface area contributed by atoms with Gasteiger partial charge >= 0.3 is 5.97 Å². The highest BCUT2D eigenvalue weighted by Gasteiger charge is 2.27. The number of methoxy groups -OCH3 is 1. The maximum atomic E-state index is 12.9. The largest absolute Gasteiger partial charge is 0.508 e. The second kappa shape index (κ2) is 8.97. The van der Waals surface area contributed by atoms with E-state index in [4.69, 9.17) is 11.2 Å². The number of fused-ring (bicyclic) bond motifs is 1. The summed E-state index contributed by atoms with van der Waals surface area (Å²) in [5, 5.41) is 12.5. The number of hydrogen-bond acceptors (Lipinski definition) is 5. The second-order valence-corrected chi connectivity index (χ2v) is 6.64. The molecule has 0 unspecified atom stereocenters. The van der Waals surface area contributed by atoms with Gasteiger partial charge in [0.1, 0.15) is 11.8 Å². The van der Waals surface area contributed by atoms with Crippen molar-refractivity contribution in [2.24, 2.45) is 0 Å². The molecule has 1 aromatic heterocycles. The van der Waals surface area contributed by atoms with Crippen molar-refractivity contribution in [1.29, 1.82) is 0 Å². The Bertz CT molecular complexity index is 1140. The number of esters is 1. The number of aromatic hydroxyl groups is 1. The predicted molar refractivity (Wildman–Crippen MR) is 111 cm³/mol. The summed E-state index contributed by atoms with van der Waals surface area (Å²) in [5.74, 6) is 0.214. The molecule has 0 aliphatic carbocycles. The summed E-state index contributed by atoms with van der Waals surface area (Å²) < 4.78 is 6.47. The molecule has 0 aliphatic heterocycles. The number of amides is 1. The van der Waals surface area contributed by atoms with Crippen molar-refractivity contribution in [3.05, 3.63) is 65.9 Å². The summed E-state index contributed by atoms with van der Waals surface area (Å²) in [6, 6.07) is 12.2. The minimum Gasteiger partial charge on any atom is -0.508 e. The van der Waals surface area contributed by atoms with Crippen LogP contribution >= 0.6 is 0 Å². The molecule has 7 heteroatoms. The van der Waals surface area contributed by atoms with Crippen LogP contribution in [0.4, 0.5) is 0 Å². The van der Waals surface area contributed by atoms with Crippen LogP contribution in [0.1, 0.15) is 15.9 Å². The van der Waals surface area contributed by atoms with E-state index in [1.165, 1.54) is 19.2 Å². The van der Waals surface area contributed by atoms with Crippen LogP contribution in [0.3, 0.4) is 0 Å². The second-order valence-electron chi connectivity index (χ2n) is 6.64. The van der Waals surface area contributed by atoms with Gasteiger partial charge in [-0.2, -0.15) is 0 Å². The molecule has 3 rings (SSSR count). The average molecular weight is 404 g/mol. The molecule has 1 heterocycles. The number of terminal acetylenes is 1. The van der Waals surface area contributed by atoms with Crippen LogP contribution in [0.15, 0.2) is 54.7 Å². The summed E-state index contributed by atoms with van der Waals surface area (Å²) >= 11 is 0. The first kappa shape index (κ1) is 20.7. The SMILES string of the molecule is C#CCn1cc(C(=O)C(=O)N[C@@H](Cc2ccc(O)cc2)C(=O)OC)c2ccccc21. The first-order valence-electron chi connectivity index (χ1n) is 9.17. The number of rotatable bonds is 7. The van der Waals surface area contributed by atoms with Crippen LogP contribution in [0, 0.1) is 12.3 Å². The topological polar surface area (TPSA) is 97.6 Å². The third kappa shape index (κ3) is 4.33. The Balaban J connectivity index is 1.84. The van der Waals surface area contributed by atoms with Gasteiger partial charge in [-0.25, -0.2) is 4.79 Å². The van der Waals surface area contributed by atoms with E-state index >= 15 is 0 Å². The number of aromatic nitrogens is 1. The van der Waals surface area contributed by atoms with Crippen molar-refractivity contribution < 1.29 is 24.2 Å². The minimum absolute atomic E-state index is 0.0796. The van der Waals surface area contributed by atoms with Crippen LogP contribution in [-0.2, 0) is 27.3 Å². The Morgan fingerprint density at radius 1 is 1.17 bits per heavy atom. The molecule has 0 saturated carbocycles. The fourth-order valence-electron chi connectivity index (χ4n) is 3.21. The van der Waals surface area contributed by atoms with E-state index in [0.717, 1.165) is 5.52 Å². The normalized spacial score (nSPS) is 11.5. The third-order valence-corrected chi connectivity index (χ3v) is 4.67. The van der Waals surface area contributed by atoms with E-state index in [2.05, 4.69) is 11.2 Å². The van der Waals surface area contributed by atoms with Crippen LogP contribution < -0.4 is 5.32 Å². The minimum atomic E-state index is -1.06. The molecule has 7 nitrogen and oxygen atoms in total. The highest BCUT2D eigenvalue weighted by atomic mass is 16.5. The number of nitrogens with zero attached hydrogens (tertiary/aromatic N) is 1. The zero-order chi connectivity index (χ0) is 21.7. The number of nitrogens with one attached hydrogen (secondary N) is 1. The molecule has 1 amide bonds. The number of benzene rings is 2. The number of phenols is 1. The van der Waals surface area contributed by atoms with Gasteiger partial charge in [0.15, 0.2) is 0 Å². The highest BCUT2D eigenvalue weighted by Crippen LogP contribution is 2.22. The zero-order valence-corrected chi connectivity index (χ0v) is 16.3. The van der Waals surface area contributed by atoms with E-state index in [1.54, 1.807) is 35.0 Å². The number of Topliss-reactive ketones (excluding diaryl/α,β-unsaturated/α-hetero) is 1. The molecular weight excluding hydrogens is 384 g/mol. The lowest BCUT2D eigenvalue weighted by molar-refractivity contribution is -0.144. The predicted octanol–water partition coefficient (Wildman–Crippen LogP) is 2.06. The van der Waals surface area contributed by atoms with E-state index in [-0.39, 0.29) is 24.3 Å². The molecule has 0 saturated heterocycles. The monoisotopic (exact) mass is 404 g/mol. The third-order valence-electron chi connectivity index (χ3n) is 4.67. The first-order valence-corrected chi connectivity index (χ1v) is 9.17. The van der Waals surface area contributed by atoms with E-state index in [9.17, 15) is 19.5 Å². The molecule has 2 aromatic carbocycles. The van der Waals surface area contributed by atoms with Crippen molar-refractivity contribution in [3.8, 4) is 18.1 Å². The van der Waals surface area contributed by atoms with E-state index in [0.29, 0.717) is 10.9 Å². The Hall–Kier alpha value is -4.05. The van der Waals surface area contributed by atoms with Gasteiger partial charge in [0.25, 0.3) is 11.7 Å². The molecule has 0 radical (unpaired) electrons. The zero-order valence-electron chi connectivity index (χ0n) is 16.3. The van der Waals surface area contributed by atoms with Crippen LogP contribution in [0.2, 0.25) is 0 Å². The Labute approximate surface area is 173 Å². The number of ketones is 1. The summed E-state index contributed by atoms with van der Waals surface area (Å²) in [6.45, 7) is 0.251. The molecule has 0 aliphatic rings. The number of phenolic OH excluding ortho intramolecular Hbond substituents is 1. The van der Waals surface area contributed by atoms with Gasteiger partial charge in [-0.1, -0.05) is 36.3 Å². The maximum absolute atomic E-state index is 12.9. The molecule has 1 atom stereocenters. The van der Waals surface area contributed by atoms with Crippen LogP contribution in [0.25, 0.3) is 10.9 Å². The van der Waals surface area contributed by atoms with Crippen LogP contribution in [0.5, 0.6) is 5.75 Å². The standard InChI is InChI=1S/C23H20N2O5/c1-3-12-25-14-18(17-6-4-5-7-20(17)25)21(27)22(28)24-19(23(29)30-2)13-15-8-10-16(26)11-9-15/h1,4-11,14,19,26H,12-13H2,2H3,(H,24,28)/t19-/m0/s1. The van der Waals surface area contributed by atoms with Crippen molar-refractivity contribution in [1.82, 2.24) is 9.88 Å². The lowest BCUT2D eigenvalue weighted by Crippen LogP contribution is -2.45. The van der Waals surface area contributed by atoms with Gasteiger partial charge in [0.05, 0.1) is 19.2 Å². The summed E-state index contributed by atoms with van der Waals surface area (Å²) in [6.07, 6.45) is 7.04. The number of para-hydroxylation sites is 1. The van der Waals surface area contributed by atoms with Crippen molar-refractivity contribution in [3.63, 3.8) is 0 Å². The van der Waals surface area contributed by atoms with Gasteiger partial charge in [-0.15, -0.1) is 6.42 Å².